The third kappa shape index (κ3) is 2.73. The lowest BCUT2D eigenvalue weighted by Gasteiger charge is -1.99. The zero-order chi connectivity index (χ0) is 12.2. The van der Waals surface area contributed by atoms with Crippen molar-refractivity contribution >= 4 is 11.8 Å². The van der Waals surface area contributed by atoms with E-state index in [0.29, 0.717) is 11.3 Å². The molecule has 4 nitrogen and oxygen atoms in total. The summed E-state index contributed by atoms with van der Waals surface area (Å²) in [4.78, 5) is 0. The molecule has 0 amide bonds. The van der Waals surface area contributed by atoms with Crippen molar-refractivity contribution < 1.29 is 9.73 Å². The van der Waals surface area contributed by atoms with E-state index in [0.717, 1.165) is 18.1 Å². The Morgan fingerprint density at radius 2 is 2.17 bits per heavy atom. The van der Waals surface area contributed by atoms with Gasteiger partial charge in [-0.25, -0.2) is 0 Å². The Balaban J connectivity index is 1.60. The first-order valence-electron chi connectivity index (χ1n) is 6.25. The summed E-state index contributed by atoms with van der Waals surface area (Å²) in [7, 11) is 0. The number of aromatic nitrogens is 2. The second-order valence-electron chi connectivity index (χ2n) is 4.45. The number of hydrogen-bond acceptors (Lipinski definition) is 4. The standard InChI is InChI=1S/C13H15N3OS/c1-2-5-10(6-3-1)9-18-13-16-15-12(17-13)11-7-4-8-14-11/h1-3,5-6,11,14H,4,7-9H2/p+1/t11-/m0/s1. The van der Waals surface area contributed by atoms with E-state index in [4.69, 9.17) is 4.42 Å². The molecule has 1 atom stereocenters. The SMILES string of the molecule is c1ccc(CSc2nnc([C@@H]3CCC[NH2+]3)o2)cc1. The van der Waals surface area contributed by atoms with Crippen LogP contribution < -0.4 is 5.32 Å². The highest BCUT2D eigenvalue weighted by atomic mass is 32.2. The molecule has 0 bridgehead atoms. The van der Waals surface area contributed by atoms with Gasteiger partial charge in [-0.1, -0.05) is 42.1 Å². The van der Waals surface area contributed by atoms with Crippen molar-refractivity contribution in [3.05, 3.63) is 41.8 Å². The molecule has 1 aromatic heterocycles. The van der Waals surface area contributed by atoms with Crippen LogP contribution in [0.5, 0.6) is 0 Å². The fourth-order valence-electron chi connectivity index (χ4n) is 2.15. The van der Waals surface area contributed by atoms with Gasteiger partial charge >= 0.3 is 0 Å². The highest BCUT2D eigenvalue weighted by Crippen LogP contribution is 2.24. The number of hydrogen-bond donors (Lipinski definition) is 1. The number of nitrogens with zero attached hydrogens (tertiary/aromatic N) is 2. The minimum atomic E-state index is 0.378. The normalized spacial score (nSPS) is 19.2. The van der Waals surface area contributed by atoms with E-state index in [1.54, 1.807) is 11.8 Å². The van der Waals surface area contributed by atoms with Crippen LogP contribution in [0.15, 0.2) is 40.0 Å². The first-order valence-corrected chi connectivity index (χ1v) is 7.24. The Morgan fingerprint density at radius 1 is 1.28 bits per heavy atom. The largest absolute Gasteiger partial charge is 0.410 e. The molecule has 0 radical (unpaired) electrons. The van der Waals surface area contributed by atoms with Gasteiger partial charge in [0.25, 0.3) is 11.1 Å². The fourth-order valence-corrected chi connectivity index (χ4v) is 2.87. The van der Waals surface area contributed by atoms with E-state index in [-0.39, 0.29) is 0 Å². The van der Waals surface area contributed by atoms with Crippen LogP contribution in [0, 0.1) is 0 Å². The first-order chi connectivity index (χ1) is 8.92. The minimum absolute atomic E-state index is 0.378. The highest BCUT2D eigenvalue weighted by molar-refractivity contribution is 7.98. The number of rotatable bonds is 4. The van der Waals surface area contributed by atoms with Crippen LogP contribution in [0.25, 0.3) is 0 Å². The molecule has 1 fully saturated rings. The van der Waals surface area contributed by atoms with Crippen LogP contribution >= 0.6 is 11.8 Å². The maximum atomic E-state index is 5.70. The molecule has 1 aliphatic rings. The Morgan fingerprint density at radius 3 is 2.94 bits per heavy atom. The molecule has 1 saturated heterocycles. The van der Waals surface area contributed by atoms with E-state index < -0.39 is 0 Å². The van der Waals surface area contributed by atoms with Crippen molar-refractivity contribution in [1.29, 1.82) is 0 Å². The number of nitrogens with two attached hydrogens (primary N) is 1. The van der Waals surface area contributed by atoms with Gasteiger partial charge in [-0.2, -0.15) is 0 Å². The molecule has 94 valence electrons. The molecule has 2 N–H and O–H groups in total. The predicted octanol–water partition coefficient (Wildman–Crippen LogP) is 1.76. The monoisotopic (exact) mass is 262 g/mol. The van der Waals surface area contributed by atoms with Crippen LogP contribution in [-0.2, 0) is 5.75 Å². The van der Waals surface area contributed by atoms with Gasteiger partial charge in [0.1, 0.15) is 0 Å². The molecule has 0 saturated carbocycles. The third-order valence-corrected chi connectivity index (χ3v) is 4.00. The highest BCUT2D eigenvalue weighted by Gasteiger charge is 2.26. The van der Waals surface area contributed by atoms with E-state index in [2.05, 4.69) is 27.6 Å². The number of quaternary nitrogens is 1. The molecule has 0 unspecified atom stereocenters. The summed E-state index contributed by atoms with van der Waals surface area (Å²) in [5.74, 6) is 1.65. The molecule has 2 aromatic rings. The average molecular weight is 262 g/mol. The Kier molecular flexibility index (Phi) is 3.61. The minimum Gasteiger partial charge on any atom is -0.410 e. The zero-order valence-electron chi connectivity index (χ0n) is 10.1. The van der Waals surface area contributed by atoms with Crippen molar-refractivity contribution in [2.24, 2.45) is 0 Å². The summed E-state index contributed by atoms with van der Waals surface area (Å²) in [6.07, 6.45) is 2.38. The second kappa shape index (κ2) is 5.54. The van der Waals surface area contributed by atoms with Gasteiger partial charge in [-0.15, -0.1) is 10.2 Å². The molecular formula is C13H16N3OS+. The summed E-state index contributed by atoms with van der Waals surface area (Å²) in [6, 6.07) is 10.7. The second-order valence-corrected chi connectivity index (χ2v) is 5.38. The van der Waals surface area contributed by atoms with Crippen molar-refractivity contribution in [3.63, 3.8) is 0 Å². The van der Waals surface area contributed by atoms with Gasteiger partial charge in [0.2, 0.25) is 0 Å². The summed E-state index contributed by atoms with van der Waals surface area (Å²) in [5.41, 5.74) is 1.27. The molecular weight excluding hydrogens is 246 g/mol. The van der Waals surface area contributed by atoms with Crippen molar-refractivity contribution in [2.45, 2.75) is 29.9 Å². The Hall–Kier alpha value is -1.33. The van der Waals surface area contributed by atoms with Crippen molar-refractivity contribution in [1.82, 2.24) is 10.2 Å². The molecule has 5 heteroatoms. The first kappa shape index (κ1) is 11.7. The fraction of sp³-hybridized carbons (Fsp3) is 0.385. The summed E-state index contributed by atoms with van der Waals surface area (Å²) >= 11 is 1.60. The van der Waals surface area contributed by atoms with Gasteiger partial charge in [0.15, 0.2) is 6.04 Å². The lowest BCUT2D eigenvalue weighted by atomic mass is 10.2. The maximum absolute atomic E-state index is 5.70. The lowest BCUT2D eigenvalue weighted by Crippen LogP contribution is -2.81. The van der Waals surface area contributed by atoms with Gasteiger partial charge in [-0.3, -0.25) is 0 Å². The van der Waals surface area contributed by atoms with E-state index in [1.165, 1.54) is 18.5 Å². The van der Waals surface area contributed by atoms with Crippen molar-refractivity contribution in [3.8, 4) is 0 Å². The third-order valence-electron chi connectivity index (χ3n) is 3.11. The van der Waals surface area contributed by atoms with Gasteiger partial charge in [0, 0.05) is 18.6 Å². The summed E-state index contributed by atoms with van der Waals surface area (Å²) < 4.78 is 5.70. The average Bonchev–Trinajstić information content (AvgIpc) is 3.08. The molecule has 0 spiro atoms. The number of thioether (sulfide) groups is 1. The predicted molar refractivity (Wildman–Crippen MR) is 69.1 cm³/mol. The summed E-state index contributed by atoms with van der Waals surface area (Å²) in [6.45, 7) is 1.17. The van der Waals surface area contributed by atoms with Crippen LogP contribution in [0.4, 0.5) is 0 Å². The Labute approximate surface area is 110 Å². The van der Waals surface area contributed by atoms with Crippen LogP contribution in [0.2, 0.25) is 0 Å². The van der Waals surface area contributed by atoms with Crippen LogP contribution in [-0.4, -0.2) is 16.7 Å². The van der Waals surface area contributed by atoms with Crippen molar-refractivity contribution in [2.75, 3.05) is 6.54 Å². The molecule has 2 heterocycles. The number of benzene rings is 1. The Bertz CT molecular complexity index is 494. The molecule has 3 rings (SSSR count). The molecule has 1 aromatic carbocycles. The summed E-state index contributed by atoms with van der Waals surface area (Å²) in [5, 5.41) is 11.2. The zero-order valence-corrected chi connectivity index (χ0v) is 10.9. The topological polar surface area (TPSA) is 55.5 Å². The molecule has 1 aliphatic heterocycles. The maximum Gasteiger partial charge on any atom is 0.277 e. The van der Waals surface area contributed by atoms with E-state index >= 15 is 0 Å². The van der Waals surface area contributed by atoms with Crippen LogP contribution in [0.3, 0.4) is 0 Å². The quantitative estimate of drug-likeness (QED) is 0.853. The van der Waals surface area contributed by atoms with E-state index in [1.807, 2.05) is 18.2 Å². The smallest absolute Gasteiger partial charge is 0.277 e. The van der Waals surface area contributed by atoms with Gasteiger partial charge < -0.3 is 9.73 Å². The van der Waals surface area contributed by atoms with Gasteiger partial charge in [-0.05, 0) is 5.56 Å². The van der Waals surface area contributed by atoms with E-state index in [9.17, 15) is 0 Å². The molecule has 18 heavy (non-hydrogen) atoms. The van der Waals surface area contributed by atoms with Gasteiger partial charge in [0.05, 0.1) is 6.54 Å². The lowest BCUT2D eigenvalue weighted by molar-refractivity contribution is -0.678. The molecule has 0 aliphatic carbocycles. The van der Waals surface area contributed by atoms with Crippen LogP contribution in [0.1, 0.15) is 30.3 Å².